The van der Waals surface area contributed by atoms with E-state index in [1.807, 2.05) is 0 Å². The van der Waals surface area contributed by atoms with E-state index in [4.69, 9.17) is 0 Å². The highest BCUT2D eigenvalue weighted by atomic mass is 16.9. The Balaban J connectivity index is 3.05. The quantitative estimate of drug-likeness (QED) is 0.404. The number of nitrogens with zero attached hydrogens (tertiary/aromatic N) is 1. The summed E-state index contributed by atoms with van der Waals surface area (Å²) in [6.45, 7) is 5.30. The topological polar surface area (TPSA) is 52.4 Å². The Morgan fingerprint density at radius 2 is 2.50 bits per heavy atom. The van der Waals surface area contributed by atoms with Crippen LogP contribution < -0.4 is 0 Å². The van der Waals surface area contributed by atoms with Gasteiger partial charge in [0.2, 0.25) is 0 Å². The highest BCUT2D eigenvalue weighted by molar-refractivity contribution is 4.47. The van der Waals surface area contributed by atoms with Gasteiger partial charge in [0.15, 0.2) is 0 Å². The van der Waals surface area contributed by atoms with E-state index in [-0.39, 0.29) is 12.5 Å². The van der Waals surface area contributed by atoms with Crippen LogP contribution in [-0.4, -0.2) is 11.7 Å². The van der Waals surface area contributed by atoms with Crippen molar-refractivity contribution in [2.75, 3.05) is 6.61 Å². The van der Waals surface area contributed by atoms with E-state index in [1.165, 1.54) is 0 Å². The fraction of sp³-hybridized carbons (Fsp3) is 0.750. The van der Waals surface area contributed by atoms with E-state index in [2.05, 4.69) is 11.8 Å². The number of rotatable bonds is 3. The predicted octanol–water partition coefficient (Wildman–Crippen LogP) is 0.665. The van der Waals surface area contributed by atoms with Gasteiger partial charge in [-0.15, -0.1) is 10.1 Å². The molecular weight excluding hydrogens is 110 g/mol. The molecule has 0 aromatic carbocycles. The van der Waals surface area contributed by atoms with E-state index >= 15 is 0 Å². The van der Waals surface area contributed by atoms with Crippen LogP contribution in [0.4, 0.5) is 0 Å². The Labute approximate surface area is 47.6 Å². The van der Waals surface area contributed by atoms with E-state index in [1.54, 1.807) is 6.92 Å². The molecule has 0 spiro atoms. The van der Waals surface area contributed by atoms with Gasteiger partial charge >= 0.3 is 0 Å². The molecule has 4 heteroatoms. The molecule has 1 radical (unpaired) electrons. The lowest BCUT2D eigenvalue weighted by atomic mass is 10.2. The molecule has 0 aliphatic carbocycles. The molecule has 0 aliphatic heterocycles. The highest BCUT2D eigenvalue weighted by Crippen LogP contribution is 1.90. The molecule has 0 heterocycles. The van der Waals surface area contributed by atoms with Crippen molar-refractivity contribution < 1.29 is 9.92 Å². The standard InChI is InChI=1S/C4H8NO3/c1-4(2)3-8-5(6)7/h4H,1,3H2,2H3. The first-order valence-electron chi connectivity index (χ1n) is 2.23. The Kier molecular flexibility index (Phi) is 2.91. The first kappa shape index (κ1) is 7.20. The van der Waals surface area contributed by atoms with Gasteiger partial charge in [0, 0.05) is 0 Å². The SMILES string of the molecule is [CH2]C(C)CO[N+](=O)[O-]. The lowest BCUT2D eigenvalue weighted by Crippen LogP contribution is -2.06. The minimum Gasteiger partial charge on any atom is -0.314 e. The van der Waals surface area contributed by atoms with Crippen LogP contribution in [0.25, 0.3) is 0 Å². The number of hydrogen-bond acceptors (Lipinski definition) is 3. The molecule has 0 rings (SSSR count). The average molecular weight is 118 g/mol. The van der Waals surface area contributed by atoms with Crippen molar-refractivity contribution in [2.45, 2.75) is 6.92 Å². The number of hydrogen-bond donors (Lipinski definition) is 0. The van der Waals surface area contributed by atoms with Crippen molar-refractivity contribution in [3.8, 4) is 0 Å². The average Bonchev–Trinajstić information content (AvgIpc) is 1.61. The molecule has 0 fully saturated rings. The molecular formula is C4H8NO3. The maximum Gasteiger partial charge on any atom is 0.294 e. The van der Waals surface area contributed by atoms with Crippen LogP contribution in [0.5, 0.6) is 0 Å². The molecule has 0 aromatic heterocycles. The summed E-state index contributed by atoms with van der Waals surface area (Å²) >= 11 is 0. The van der Waals surface area contributed by atoms with Gasteiger partial charge in [0.05, 0.1) is 6.61 Å². The Morgan fingerprint density at radius 1 is 2.00 bits per heavy atom. The third-order valence-electron chi connectivity index (χ3n) is 0.464. The Hall–Kier alpha value is -0.800. The summed E-state index contributed by atoms with van der Waals surface area (Å²) in [7, 11) is 0. The minimum atomic E-state index is -0.818. The summed E-state index contributed by atoms with van der Waals surface area (Å²) in [4.78, 5) is 13.4. The molecule has 0 bridgehead atoms. The lowest BCUT2D eigenvalue weighted by Gasteiger charge is -1.98. The second-order valence-electron chi connectivity index (χ2n) is 1.62. The van der Waals surface area contributed by atoms with Crippen molar-refractivity contribution in [3.63, 3.8) is 0 Å². The zero-order chi connectivity index (χ0) is 6.57. The molecule has 1 unspecified atom stereocenters. The second-order valence-corrected chi connectivity index (χ2v) is 1.62. The van der Waals surface area contributed by atoms with E-state index in [0.717, 1.165) is 0 Å². The Morgan fingerprint density at radius 3 is 2.62 bits per heavy atom. The maximum absolute atomic E-state index is 9.46. The summed E-state index contributed by atoms with van der Waals surface area (Å²) in [6.07, 6.45) is 0. The first-order valence-corrected chi connectivity index (χ1v) is 2.23. The normalized spacial score (nSPS) is 9.38. The van der Waals surface area contributed by atoms with Gasteiger partial charge < -0.3 is 4.84 Å². The fourth-order valence-electron chi connectivity index (χ4n) is 0.188. The maximum atomic E-state index is 9.46. The smallest absolute Gasteiger partial charge is 0.294 e. The second kappa shape index (κ2) is 3.23. The Bertz CT molecular complexity index is 81.4. The van der Waals surface area contributed by atoms with Crippen LogP contribution in [0.1, 0.15) is 6.92 Å². The van der Waals surface area contributed by atoms with Gasteiger partial charge in [-0.3, -0.25) is 0 Å². The van der Waals surface area contributed by atoms with Gasteiger partial charge in [-0.25, -0.2) is 0 Å². The van der Waals surface area contributed by atoms with Gasteiger partial charge in [-0.05, 0) is 12.8 Å². The zero-order valence-electron chi connectivity index (χ0n) is 4.66. The predicted molar refractivity (Wildman–Crippen MR) is 27.5 cm³/mol. The van der Waals surface area contributed by atoms with Crippen LogP contribution in [0, 0.1) is 23.0 Å². The molecule has 0 N–H and O–H groups in total. The van der Waals surface area contributed by atoms with Crippen LogP contribution in [0.15, 0.2) is 0 Å². The third-order valence-corrected chi connectivity index (χ3v) is 0.464. The molecule has 4 nitrogen and oxygen atoms in total. The zero-order valence-corrected chi connectivity index (χ0v) is 4.66. The van der Waals surface area contributed by atoms with Crippen molar-refractivity contribution in [1.82, 2.24) is 0 Å². The van der Waals surface area contributed by atoms with Crippen LogP contribution in [0.2, 0.25) is 0 Å². The van der Waals surface area contributed by atoms with Crippen molar-refractivity contribution in [2.24, 2.45) is 5.92 Å². The van der Waals surface area contributed by atoms with Gasteiger partial charge in [0.1, 0.15) is 0 Å². The molecule has 47 valence electrons. The summed E-state index contributed by atoms with van der Waals surface area (Å²) < 4.78 is 0. The monoisotopic (exact) mass is 118 g/mol. The summed E-state index contributed by atoms with van der Waals surface area (Å²) in [5.74, 6) is -0.0274. The highest BCUT2D eigenvalue weighted by Gasteiger charge is 1.96. The lowest BCUT2D eigenvalue weighted by molar-refractivity contribution is -0.758. The largest absolute Gasteiger partial charge is 0.314 e. The summed E-state index contributed by atoms with van der Waals surface area (Å²) in [5, 5.41) is 8.64. The van der Waals surface area contributed by atoms with E-state index < -0.39 is 5.09 Å². The van der Waals surface area contributed by atoms with Crippen molar-refractivity contribution in [3.05, 3.63) is 17.0 Å². The first-order chi connectivity index (χ1) is 3.63. The molecule has 0 saturated carbocycles. The molecule has 0 aromatic rings. The fourth-order valence-corrected chi connectivity index (χ4v) is 0.188. The van der Waals surface area contributed by atoms with Gasteiger partial charge in [-0.2, -0.15) is 0 Å². The van der Waals surface area contributed by atoms with Crippen molar-refractivity contribution in [1.29, 1.82) is 0 Å². The van der Waals surface area contributed by atoms with Crippen LogP contribution in [-0.2, 0) is 4.84 Å². The van der Waals surface area contributed by atoms with Crippen LogP contribution in [0.3, 0.4) is 0 Å². The minimum absolute atomic E-state index is 0.0274. The van der Waals surface area contributed by atoms with Gasteiger partial charge in [-0.1, -0.05) is 6.92 Å². The van der Waals surface area contributed by atoms with Crippen molar-refractivity contribution >= 4 is 0 Å². The third kappa shape index (κ3) is 5.20. The van der Waals surface area contributed by atoms with Gasteiger partial charge in [0.25, 0.3) is 5.09 Å². The summed E-state index contributed by atoms with van der Waals surface area (Å²) in [6, 6.07) is 0. The molecule has 0 amide bonds. The van der Waals surface area contributed by atoms with Crippen LogP contribution >= 0.6 is 0 Å². The molecule has 0 aliphatic rings. The summed E-state index contributed by atoms with van der Waals surface area (Å²) in [5.41, 5.74) is 0. The molecule has 0 saturated heterocycles. The molecule has 8 heavy (non-hydrogen) atoms. The molecule has 1 atom stereocenters. The van der Waals surface area contributed by atoms with E-state index in [9.17, 15) is 10.1 Å². The van der Waals surface area contributed by atoms with E-state index in [0.29, 0.717) is 0 Å².